The molecule has 0 aromatic rings. The third kappa shape index (κ3) is 0.894. The summed E-state index contributed by atoms with van der Waals surface area (Å²) in [7, 11) is 1.67. The predicted octanol–water partition coefficient (Wildman–Crippen LogP) is -0.118. The fraction of sp³-hybridized carbons (Fsp3) is 0.667. The lowest BCUT2D eigenvalue weighted by Crippen LogP contribution is -2.42. The lowest BCUT2D eigenvalue weighted by Gasteiger charge is -2.22. The summed E-state index contributed by atoms with van der Waals surface area (Å²) >= 11 is 0. The summed E-state index contributed by atoms with van der Waals surface area (Å²) in [6, 6.07) is 0.0416. The number of nitrogens with two attached hydrogens (primary N) is 1. The first-order valence-electron chi connectivity index (χ1n) is 4.39. The van der Waals surface area contributed by atoms with Crippen molar-refractivity contribution in [1.29, 1.82) is 0 Å². The Bertz CT molecular complexity index is 237. The summed E-state index contributed by atoms with van der Waals surface area (Å²) in [4.78, 5) is 11.4. The molecule has 0 aliphatic heterocycles. The van der Waals surface area contributed by atoms with Crippen molar-refractivity contribution in [2.24, 2.45) is 23.5 Å². The van der Waals surface area contributed by atoms with E-state index in [0.29, 0.717) is 11.8 Å². The van der Waals surface area contributed by atoms with Crippen LogP contribution in [0.4, 0.5) is 0 Å². The van der Waals surface area contributed by atoms with E-state index >= 15 is 0 Å². The van der Waals surface area contributed by atoms with Crippen LogP contribution in [-0.4, -0.2) is 19.0 Å². The number of carbonyl (C=O) groups is 1. The molecule has 0 unspecified atom stereocenters. The number of amides is 1. The van der Waals surface area contributed by atoms with Crippen molar-refractivity contribution in [1.82, 2.24) is 5.32 Å². The molecule has 0 radical (unpaired) electrons. The normalized spacial score (nSPS) is 43.5. The van der Waals surface area contributed by atoms with E-state index in [1.807, 2.05) is 0 Å². The van der Waals surface area contributed by atoms with Crippen LogP contribution < -0.4 is 11.1 Å². The van der Waals surface area contributed by atoms with Crippen LogP contribution in [0, 0.1) is 17.8 Å². The molecule has 2 rings (SSSR count). The van der Waals surface area contributed by atoms with Crippen molar-refractivity contribution in [2.45, 2.75) is 12.5 Å². The predicted molar refractivity (Wildman–Crippen MR) is 46.3 cm³/mol. The fourth-order valence-electron chi connectivity index (χ4n) is 2.40. The maximum atomic E-state index is 11.4. The Morgan fingerprint density at radius 3 is 2.67 bits per heavy atom. The number of hydrogen-bond acceptors (Lipinski definition) is 2. The summed E-state index contributed by atoms with van der Waals surface area (Å²) in [5.41, 5.74) is 5.93. The Labute approximate surface area is 72.0 Å². The maximum absolute atomic E-state index is 11.4. The van der Waals surface area contributed by atoms with E-state index in [1.165, 1.54) is 0 Å². The summed E-state index contributed by atoms with van der Waals surface area (Å²) in [5, 5.41) is 2.67. The van der Waals surface area contributed by atoms with Gasteiger partial charge in [-0.3, -0.25) is 4.79 Å². The molecule has 3 nitrogen and oxygen atoms in total. The van der Waals surface area contributed by atoms with Gasteiger partial charge in [-0.25, -0.2) is 0 Å². The lowest BCUT2D eigenvalue weighted by molar-refractivity contribution is -0.125. The summed E-state index contributed by atoms with van der Waals surface area (Å²) in [6.07, 6.45) is 5.35. The van der Waals surface area contributed by atoms with Crippen molar-refractivity contribution in [3.63, 3.8) is 0 Å². The SMILES string of the molecule is CNC(=O)[C@@H]1[C@H](N)[C@H]2C=C[C@@H]1C2. The van der Waals surface area contributed by atoms with E-state index in [-0.39, 0.29) is 17.9 Å². The highest BCUT2D eigenvalue weighted by molar-refractivity contribution is 5.80. The first-order chi connectivity index (χ1) is 5.74. The molecule has 0 heterocycles. The fourth-order valence-corrected chi connectivity index (χ4v) is 2.40. The largest absolute Gasteiger partial charge is 0.359 e. The van der Waals surface area contributed by atoms with E-state index in [4.69, 9.17) is 5.73 Å². The van der Waals surface area contributed by atoms with Crippen LogP contribution in [0.5, 0.6) is 0 Å². The van der Waals surface area contributed by atoms with Gasteiger partial charge in [0.05, 0.1) is 5.92 Å². The van der Waals surface area contributed by atoms with E-state index < -0.39 is 0 Å². The van der Waals surface area contributed by atoms with Crippen LogP contribution in [0.3, 0.4) is 0 Å². The topological polar surface area (TPSA) is 55.1 Å². The molecule has 4 atom stereocenters. The molecular weight excluding hydrogens is 152 g/mol. The standard InChI is InChI=1S/C9H14N2O/c1-11-9(12)7-5-2-3-6(4-5)8(7)10/h2-3,5-8H,4,10H2,1H3,(H,11,12)/t5-,6+,7+,8-/m1/s1. The van der Waals surface area contributed by atoms with E-state index in [1.54, 1.807) is 7.05 Å². The van der Waals surface area contributed by atoms with Gasteiger partial charge in [-0.05, 0) is 18.3 Å². The lowest BCUT2D eigenvalue weighted by atomic mass is 9.89. The molecule has 2 aliphatic rings. The van der Waals surface area contributed by atoms with Gasteiger partial charge in [-0.1, -0.05) is 12.2 Å². The summed E-state index contributed by atoms with van der Waals surface area (Å²) < 4.78 is 0. The number of carbonyl (C=O) groups excluding carboxylic acids is 1. The first-order valence-corrected chi connectivity index (χ1v) is 4.39. The molecule has 66 valence electrons. The van der Waals surface area contributed by atoms with Crippen LogP contribution >= 0.6 is 0 Å². The zero-order chi connectivity index (χ0) is 8.72. The molecule has 2 aliphatic carbocycles. The molecule has 0 aromatic carbocycles. The van der Waals surface area contributed by atoms with Crippen LogP contribution in [0.15, 0.2) is 12.2 Å². The van der Waals surface area contributed by atoms with Gasteiger partial charge >= 0.3 is 0 Å². The van der Waals surface area contributed by atoms with Crippen molar-refractivity contribution in [2.75, 3.05) is 7.05 Å². The Morgan fingerprint density at radius 1 is 1.50 bits per heavy atom. The second kappa shape index (κ2) is 2.59. The van der Waals surface area contributed by atoms with Crippen LogP contribution in [0.25, 0.3) is 0 Å². The minimum absolute atomic E-state index is 0.0185. The van der Waals surface area contributed by atoms with Gasteiger partial charge in [0.25, 0.3) is 0 Å². The number of allylic oxidation sites excluding steroid dienone is 1. The molecule has 1 amide bonds. The van der Waals surface area contributed by atoms with Crippen molar-refractivity contribution < 1.29 is 4.79 Å². The van der Waals surface area contributed by atoms with Gasteiger partial charge in [0.1, 0.15) is 0 Å². The Hall–Kier alpha value is -0.830. The number of hydrogen-bond donors (Lipinski definition) is 2. The molecular formula is C9H14N2O. The van der Waals surface area contributed by atoms with Crippen LogP contribution in [0.2, 0.25) is 0 Å². The quantitative estimate of drug-likeness (QED) is 0.534. The highest BCUT2D eigenvalue weighted by Crippen LogP contribution is 2.42. The number of fused-ring (bicyclic) bond motifs is 2. The highest BCUT2D eigenvalue weighted by Gasteiger charge is 2.45. The second-order valence-corrected chi connectivity index (χ2v) is 3.67. The molecule has 0 saturated heterocycles. The van der Waals surface area contributed by atoms with Gasteiger partial charge in [0.15, 0.2) is 0 Å². The monoisotopic (exact) mass is 166 g/mol. The molecule has 3 N–H and O–H groups in total. The minimum atomic E-state index is 0.0185. The number of nitrogens with one attached hydrogen (secondary N) is 1. The van der Waals surface area contributed by atoms with Gasteiger partial charge in [0.2, 0.25) is 5.91 Å². The van der Waals surface area contributed by atoms with E-state index in [0.717, 1.165) is 6.42 Å². The van der Waals surface area contributed by atoms with Gasteiger partial charge in [-0.15, -0.1) is 0 Å². The molecule has 1 fully saturated rings. The summed E-state index contributed by atoms with van der Waals surface area (Å²) in [5.74, 6) is 0.951. The van der Waals surface area contributed by atoms with Crippen molar-refractivity contribution in [3.8, 4) is 0 Å². The van der Waals surface area contributed by atoms with Crippen LogP contribution in [-0.2, 0) is 4.79 Å². The van der Waals surface area contributed by atoms with E-state index in [9.17, 15) is 4.79 Å². The van der Waals surface area contributed by atoms with Crippen LogP contribution in [0.1, 0.15) is 6.42 Å². The average Bonchev–Trinajstić information content (AvgIpc) is 2.63. The maximum Gasteiger partial charge on any atom is 0.225 e. The molecule has 2 bridgehead atoms. The first kappa shape index (κ1) is 7.80. The zero-order valence-electron chi connectivity index (χ0n) is 7.16. The van der Waals surface area contributed by atoms with Crippen molar-refractivity contribution in [3.05, 3.63) is 12.2 Å². The third-order valence-electron chi connectivity index (χ3n) is 3.07. The van der Waals surface area contributed by atoms with Gasteiger partial charge in [-0.2, -0.15) is 0 Å². The molecule has 0 aromatic heterocycles. The average molecular weight is 166 g/mol. The van der Waals surface area contributed by atoms with Crippen molar-refractivity contribution >= 4 is 5.91 Å². The molecule has 1 saturated carbocycles. The Balaban J connectivity index is 2.18. The third-order valence-corrected chi connectivity index (χ3v) is 3.07. The minimum Gasteiger partial charge on any atom is -0.359 e. The highest BCUT2D eigenvalue weighted by atomic mass is 16.1. The Kier molecular flexibility index (Phi) is 1.68. The summed E-state index contributed by atoms with van der Waals surface area (Å²) in [6.45, 7) is 0. The second-order valence-electron chi connectivity index (χ2n) is 3.67. The zero-order valence-corrected chi connectivity index (χ0v) is 7.16. The molecule has 12 heavy (non-hydrogen) atoms. The van der Waals surface area contributed by atoms with E-state index in [2.05, 4.69) is 17.5 Å². The molecule has 0 spiro atoms. The van der Waals surface area contributed by atoms with Gasteiger partial charge < -0.3 is 11.1 Å². The molecule has 3 heteroatoms. The Morgan fingerprint density at radius 2 is 2.17 bits per heavy atom. The smallest absolute Gasteiger partial charge is 0.225 e. The number of rotatable bonds is 1. The van der Waals surface area contributed by atoms with Gasteiger partial charge in [0, 0.05) is 13.1 Å².